The number of carbonyl (C=O) groups excluding carboxylic acids is 1. The average Bonchev–Trinajstić information content (AvgIpc) is 3.29. The Morgan fingerprint density at radius 1 is 1.00 bits per heavy atom. The van der Waals surface area contributed by atoms with Gasteiger partial charge in [-0.2, -0.15) is 0 Å². The van der Waals surface area contributed by atoms with Crippen molar-refractivity contribution in [1.82, 2.24) is 4.90 Å². The first-order chi connectivity index (χ1) is 12.1. The molecule has 2 aromatic rings. The zero-order valence-electron chi connectivity index (χ0n) is 13.9. The van der Waals surface area contributed by atoms with Gasteiger partial charge in [-0.3, -0.25) is 4.79 Å². The molecule has 2 heterocycles. The summed E-state index contributed by atoms with van der Waals surface area (Å²) >= 11 is 0. The number of hydrogen-bond acceptors (Lipinski definition) is 2. The van der Waals surface area contributed by atoms with Crippen molar-refractivity contribution in [2.24, 2.45) is 5.92 Å². The van der Waals surface area contributed by atoms with Crippen molar-refractivity contribution >= 4 is 17.7 Å². The van der Waals surface area contributed by atoms with E-state index < -0.39 is 6.09 Å². The van der Waals surface area contributed by atoms with Gasteiger partial charge in [-0.25, -0.2) is 4.79 Å². The normalized spacial score (nSPS) is 19.1. The highest BCUT2D eigenvalue weighted by Gasteiger charge is 2.36. The highest BCUT2D eigenvalue weighted by molar-refractivity contribution is 5.99. The number of nitrogens with zero attached hydrogens (tertiary/aromatic N) is 2. The fraction of sp³-hybridized carbons (Fsp3) is 0.300. The fourth-order valence-electron chi connectivity index (χ4n) is 3.91. The summed E-state index contributed by atoms with van der Waals surface area (Å²) < 4.78 is 0. The minimum atomic E-state index is -0.941. The molecular weight excluding hydrogens is 316 g/mol. The highest BCUT2D eigenvalue weighted by Crippen LogP contribution is 2.37. The lowest BCUT2D eigenvalue weighted by Crippen LogP contribution is -2.37. The van der Waals surface area contributed by atoms with Crippen LogP contribution in [0.15, 0.2) is 48.5 Å². The Kier molecular flexibility index (Phi) is 3.92. The molecular formula is C20H20N2O3. The highest BCUT2D eigenvalue weighted by atomic mass is 16.4. The molecule has 1 unspecified atom stereocenters. The first kappa shape index (κ1) is 15.7. The van der Waals surface area contributed by atoms with Gasteiger partial charge in [0.05, 0.1) is 5.92 Å². The molecule has 5 nitrogen and oxygen atoms in total. The van der Waals surface area contributed by atoms with E-state index >= 15 is 0 Å². The zero-order valence-corrected chi connectivity index (χ0v) is 13.9. The van der Waals surface area contributed by atoms with Gasteiger partial charge in [-0.15, -0.1) is 0 Å². The first-order valence-electron chi connectivity index (χ1n) is 8.61. The monoisotopic (exact) mass is 336 g/mol. The third-order valence-electron chi connectivity index (χ3n) is 5.19. The molecule has 1 saturated heterocycles. The third-order valence-corrected chi connectivity index (χ3v) is 5.19. The molecule has 1 fully saturated rings. The number of likely N-dealkylation sites (tertiary alicyclic amines) is 1. The van der Waals surface area contributed by atoms with Gasteiger partial charge in [0.15, 0.2) is 0 Å². The lowest BCUT2D eigenvalue weighted by molar-refractivity contribution is -0.121. The Morgan fingerprint density at radius 3 is 2.52 bits per heavy atom. The van der Waals surface area contributed by atoms with Gasteiger partial charge in [0.25, 0.3) is 0 Å². The van der Waals surface area contributed by atoms with Crippen molar-refractivity contribution in [3.63, 3.8) is 0 Å². The van der Waals surface area contributed by atoms with Crippen LogP contribution in [0, 0.1) is 5.92 Å². The summed E-state index contributed by atoms with van der Waals surface area (Å²) in [6.07, 6.45) is 0.500. The molecule has 128 valence electrons. The van der Waals surface area contributed by atoms with Crippen LogP contribution in [-0.4, -0.2) is 41.6 Å². The summed E-state index contributed by atoms with van der Waals surface area (Å²) in [5.41, 5.74) is 4.51. The van der Waals surface area contributed by atoms with Gasteiger partial charge in [0.2, 0.25) is 5.91 Å². The molecule has 4 rings (SSSR count). The fourth-order valence-corrected chi connectivity index (χ4v) is 3.91. The summed E-state index contributed by atoms with van der Waals surface area (Å²) in [6, 6.07) is 16.3. The van der Waals surface area contributed by atoms with Crippen LogP contribution in [0.4, 0.5) is 10.5 Å². The van der Waals surface area contributed by atoms with Crippen molar-refractivity contribution in [2.75, 3.05) is 24.5 Å². The zero-order chi connectivity index (χ0) is 17.4. The maximum Gasteiger partial charge on any atom is 0.407 e. The van der Waals surface area contributed by atoms with Crippen LogP contribution in [0.2, 0.25) is 0 Å². The van der Waals surface area contributed by atoms with E-state index in [1.165, 1.54) is 16.0 Å². The van der Waals surface area contributed by atoms with E-state index in [2.05, 4.69) is 18.2 Å². The van der Waals surface area contributed by atoms with Crippen LogP contribution in [-0.2, 0) is 11.2 Å². The van der Waals surface area contributed by atoms with Crippen LogP contribution in [0.1, 0.15) is 12.0 Å². The Balaban J connectivity index is 1.61. The molecule has 0 aromatic heterocycles. The molecule has 1 N–H and O–H groups in total. The van der Waals surface area contributed by atoms with E-state index in [-0.39, 0.29) is 11.8 Å². The maximum absolute atomic E-state index is 12.9. The van der Waals surface area contributed by atoms with Crippen molar-refractivity contribution < 1.29 is 14.7 Å². The number of amides is 2. The van der Waals surface area contributed by atoms with Gasteiger partial charge in [-0.1, -0.05) is 42.5 Å². The van der Waals surface area contributed by atoms with Gasteiger partial charge >= 0.3 is 6.09 Å². The number of carbonyl (C=O) groups is 2. The van der Waals surface area contributed by atoms with E-state index in [9.17, 15) is 9.59 Å². The smallest absolute Gasteiger partial charge is 0.407 e. The molecule has 0 bridgehead atoms. The number of rotatable bonds is 2. The Bertz CT molecular complexity index is 819. The van der Waals surface area contributed by atoms with Crippen LogP contribution >= 0.6 is 0 Å². The molecule has 0 spiro atoms. The van der Waals surface area contributed by atoms with Gasteiger partial charge in [-0.05, 0) is 35.6 Å². The minimum Gasteiger partial charge on any atom is -0.465 e. The maximum atomic E-state index is 12.9. The second-order valence-electron chi connectivity index (χ2n) is 6.62. The van der Waals surface area contributed by atoms with Crippen molar-refractivity contribution in [1.29, 1.82) is 0 Å². The summed E-state index contributed by atoms with van der Waals surface area (Å²) in [7, 11) is 0. The largest absolute Gasteiger partial charge is 0.465 e. The standard InChI is InChI=1S/C20H20N2O3/c23-19(15-9-11-21(13-15)20(24)25)22-12-10-17-16(7-4-8-18(17)22)14-5-2-1-3-6-14/h1-8,15H,9-13H2,(H,24,25). The van der Waals surface area contributed by atoms with Crippen molar-refractivity contribution in [3.8, 4) is 11.1 Å². The predicted octanol–water partition coefficient (Wildman–Crippen LogP) is 3.24. The molecule has 25 heavy (non-hydrogen) atoms. The predicted molar refractivity (Wildman–Crippen MR) is 95.6 cm³/mol. The van der Waals surface area contributed by atoms with Crippen LogP contribution in [0.5, 0.6) is 0 Å². The molecule has 2 aliphatic rings. The Labute approximate surface area is 146 Å². The number of hydrogen-bond donors (Lipinski definition) is 1. The molecule has 0 saturated carbocycles. The molecule has 0 radical (unpaired) electrons. The Morgan fingerprint density at radius 2 is 1.80 bits per heavy atom. The van der Waals surface area contributed by atoms with Crippen molar-refractivity contribution in [2.45, 2.75) is 12.8 Å². The third kappa shape index (κ3) is 2.76. The average molecular weight is 336 g/mol. The second kappa shape index (κ2) is 6.24. The number of benzene rings is 2. The first-order valence-corrected chi connectivity index (χ1v) is 8.61. The molecule has 2 aromatic carbocycles. The summed E-state index contributed by atoms with van der Waals surface area (Å²) in [5, 5.41) is 9.10. The number of anilines is 1. The van der Waals surface area contributed by atoms with E-state index in [0.29, 0.717) is 26.1 Å². The quantitative estimate of drug-likeness (QED) is 0.916. The topological polar surface area (TPSA) is 60.9 Å². The summed E-state index contributed by atoms with van der Waals surface area (Å²) in [6.45, 7) is 1.41. The van der Waals surface area contributed by atoms with E-state index in [1.54, 1.807) is 0 Å². The SMILES string of the molecule is O=C(O)N1CCC(C(=O)N2CCc3c(-c4ccccc4)cccc32)C1. The van der Waals surface area contributed by atoms with Gasteiger partial charge in [0, 0.05) is 25.3 Å². The lowest BCUT2D eigenvalue weighted by atomic mass is 9.98. The summed E-state index contributed by atoms with van der Waals surface area (Å²) in [5.74, 6) is -0.185. The van der Waals surface area contributed by atoms with Crippen molar-refractivity contribution in [3.05, 3.63) is 54.1 Å². The second-order valence-corrected chi connectivity index (χ2v) is 6.62. The van der Waals surface area contributed by atoms with Gasteiger partial charge < -0.3 is 14.9 Å². The number of carboxylic acid groups (broad SMARTS) is 1. The van der Waals surface area contributed by atoms with E-state index in [4.69, 9.17) is 5.11 Å². The van der Waals surface area contributed by atoms with Crippen LogP contribution in [0.3, 0.4) is 0 Å². The van der Waals surface area contributed by atoms with E-state index in [0.717, 1.165) is 17.7 Å². The Hall–Kier alpha value is -2.82. The van der Waals surface area contributed by atoms with Gasteiger partial charge in [0.1, 0.15) is 0 Å². The molecule has 2 aliphatic heterocycles. The summed E-state index contributed by atoms with van der Waals surface area (Å²) in [4.78, 5) is 27.2. The minimum absolute atomic E-state index is 0.0488. The van der Waals surface area contributed by atoms with Crippen LogP contribution < -0.4 is 4.90 Å². The molecule has 2 amide bonds. The lowest BCUT2D eigenvalue weighted by Gasteiger charge is -2.21. The van der Waals surface area contributed by atoms with Crippen LogP contribution in [0.25, 0.3) is 11.1 Å². The molecule has 0 aliphatic carbocycles. The van der Waals surface area contributed by atoms with E-state index in [1.807, 2.05) is 35.2 Å². The molecule has 1 atom stereocenters. The molecule has 5 heteroatoms. The number of fused-ring (bicyclic) bond motifs is 1.